The van der Waals surface area contributed by atoms with Gasteiger partial charge in [-0.3, -0.25) is 4.79 Å². The molecular formula is C16H19ClF6N5O5P. The maximum absolute atomic E-state index is 13.7. The Morgan fingerprint density at radius 3 is 2.21 bits per heavy atom. The number of hydrogen-bond acceptors (Lipinski definition) is 5. The molecule has 34 heavy (non-hydrogen) atoms. The summed E-state index contributed by atoms with van der Waals surface area (Å²) in [6, 6.07) is 0.184. The molecule has 2 aromatic rings. The number of carbonyl (C=O) groups excluding carboxylic acids is 1. The van der Waals surface area contributed by atoms with Gasteiger partial charge in [-0.05, 0) is 18.1 Å². The molecule has 1 aliphatic heterocycles. The second kappa shape index (κ2) is 11.5. The standard InChI is InChI=1S/C16H15F6N5O.ClH.H3O4P/c17-10-6-12(19)11(18)4-8(10)3-9(23)5-14(28)26-1-2-27-13(7-26)24-25-15(27)16(20,21)22;;1-5(2,3)4/h4,6,9H,1-3,5,7,23H2;1H;(H3,1,2,3,4)/t9-;;/m1../s1. The summed E-state index contributed by atoms with van der Waals surface area (Å²) < 4.78 is 88.1. The Kier molecular flexibility index (Phi) is 10.0. The number of nitrogens with two attached hydrogens (primary N) is 1. The second-order valence-electron chi connectivity index (χ2n) is 6.94. The van der Waals surface area contributed by atoms with Crippen LogP contribution in [0.15, 0.2) is 12.1 Å². The van der Waals surface area contributed by atoms with Gasteiger partial charge >= 0.3 is 14.0 Å². The summed E-state index contributed by atoms with van der Waals surface area (Å²) in [5.41, 5.74) is 5.64. The van der Waals surface area contributed by atoms with Crippen molar-refractivity contribution in [1.82, 2.24) is 19.7 Å². The van der Waals surface area contributed by atoms with Crippen molar-refractivity contribution < 1.29 is 50.4 Å². The Hall–Kier alpha value is -2.23. The molecule has 0 saturated heterocycles. The molecule has 1 aromatic heterocycles. The van der Waals surface area contributed by atoms with Crippen molar-refractivity contribution in [2.24, 2.45) is 5.73 Å². The molecule has 1 aliphatic rings. The van der Waals surface area contributed by atoms with Crippen molar-refractivity contribution in [1.29, 1.82) is 0 Å². The number of nitrogens with zero attached hydrogens (tertiary/aromatic N) is 4. The summed E-state index contributed by atoms with van der Waals surface area (Å²) in [6.45, 7) is -0.302. The van der Waals surface area contributed by atoms with Crippen LogP contribution in [0.3, 0.4) is 0 Å². The summed E-state index contributed by atoms with van der Waals surface area (Å²) in [5.74, 6) is -5.15. The van der Waals surface area contributed by atoms with E-state index in [1.54, 1.807) is 0 Å². The van der Waals surface area contributed by atoms with Crippen molar-refractivity contribution in [3.05, 3.63) is 46.8 Å². The van der Waals surface area contributed by atoms with Crippen LogP contribution >= 0.6 is 20.2 Å². The largest absolute Gasteiger partial charge is 0.466 e. The summed E-state index contributed by atoms with van der Waals surface area (Å²) in [4.78, 5) is 35.2. The van der Waals surface area contributed by atoms with Gasteiger partial charge in [-0.1, -0.05) is 0 Å². The van der Waals surface area contributed by atoms with Crippen LogP contribution in [0, 0.1) is 17.5 Å². The van der Waals surface area contributed by atoms with E-state index in [1.165, 1.54) is 4.90 Å². The Balaban J connectivity index is 0.000000873. The average molecular weight is 542 g/mol. The SMILES string of the molecule is Cl.N[C@@H](CC(=O)N1CCn2c(nnc2C(F)(F)F)C1)Cc1cc(F)c(F)cc1F.O=P(O)(O)O. The fraction of sp³-hybridized carbons (Fsp3) is 0.438. The number of hydrogen-bond donors (Lipinski definition) is 4. The molecule has 2 heterocycles. The van der Waals surface area contributed by atoms with E-state index in [1.807, 2.05) is 0 Å². The molecular weight excluding hydrogens is 523 g/mol. The zero-order valence-corrected chi connectivity index (χ0v) is 18.6. The third-order valence-electron chi connectivity index (χ3n) is 4.37. The van der Waals surface area contributed by atoms with Gasteiger partial charge in [0.1, 0.15) is 5.82 Å². The van der Waals surface area contributed by atoms with Crippen molar-refractivity contribution in [2.75, 3.05) is 6.54 Å². The number of alkyl halides is 3. The van der Waals surface area contributed by atoms with Crippen LogP contribution in [-0.2, 0) is 35.0 Å². The number of rotatable bonds is 4. The molecule has 1 atom stereocenters. The van der Waals surface area contributed by atoms with Gasteiger partial charge in [0.2, 0.25) is 11.7 Å². The van der Waals surface area contributed by atoms with Crippen molar-refractivity contribution in [3.8, 4) is 0 Å². The molecule has 10 nitrogen and oxygen atoms in total. The highest BCUT2D eigenvalue weighted by Crippen LogP contribution is 2.29. The van der Waals surface area contributed by atoms with Gasteiger partial charge < -0.3 is 29.9 Å². The van der Waals surface area contributed by atoms with Gasteiger partial charge in [-0.15, -0.1) is 22.6 Å². The van der Waals surface area contributed by atoms with Gasteiger partial charge in [0.15, 0.2) is 17.5 Å². The Labute approximate surface area is 194 Å². The number of carbonyl (C=O) groups is 1. The van der Waals surface area contributed by atoms with Crippen LogP contribution in [0.1, 0.15) is 23.6 Å². The van der Waals surface area contributed by atoms with Gasteiger partial charge in [-0.25, -0.2) is 17.7 Å². The number of phosphoric acid groups is 1. The molecule has 0 unspecified atom stereocenters. The van der Waals surface area contributed by atoms with Crippen LogP contribution < -0.4 is 5.73 Å². The average Bonchev–Trinajstić information content (AvgIpc) is 3.08. The van der Waals surface area contributed by atoms with E-state index in [0.29, 0.717) is 12.1 Å². The van der Waals surface area contributed by atoms with Crippen LogP contribution in [0.4, 0.5) is 26.3 Å². The topological polar surface area (TPSA) is 155 Å². The van der Waals surface area contributed by atoms with E-state index < -0.39 is 49.2 Å². The van der Waals surface area contributed by atoms with E-state index in [9.17, 15) is 31.1 Å². The van der Waals surface area contributed by atoms with Gasteiger partial charge in [0, 0.05) is 31.6 Å². The number of amides is 1. The molecule has 5 N–H and O–H groups in total. The van der Waals surface area contributed by atoms with E-state index >= 15 is 0 Å². The monoisotopic (exact) mass is 541 g/mol. The smallest absolute Gasteiger partial charge is 0.333 e. The first-order valence-electron chi connectivity index (χ1n) is 9.00. The van der Waals surface area contributed by atoms with Crippen molar-refractivity contribution in [3.63, 3.8) is 0 Å². The molecule has 0 aliphatic carbocycles. The summed E-state index contributed by atoms with van der Waals surface area (Å²) in [7, 11) is -4.64. The van der Waals surface area contributed by atoms with Crippen LogP contribution in [0.2, 0.25) is 0 Å². The first-order valence-corrected chi connectivity index (χ1v) is 10.6. The molecule has 0 spiro atoms. The lowest BCUT2D eigenvalue weighted by molar-refractivity contribution is -0.148. The molecule has 3 rings (SSSR count). The van der Waals surface area contributed by atoms with Gasteiger partial charge in [0.05, 0.1) is 6.54 Å². The summed E-state index contributed by atoms with van der Waals surface area (Å²) in [5, 5.41) is 6.60. The fourth-order valence-corrected chi connectivity index (χ4v) is 3.01. The third kappa shape index (κ3) is 8.52. The minimum atomic E-state index is -4.64. The predicted octanol–water partition coefficient (Wildman–Crippen LogP) is 1.51. The minimum Gasteiger partial charge on any atom is -0.333 e. The molecule has 0 fully saturated rings. The quantitative estimate of drug-likeness (QED) is 0.258. The summed E-state index contributed by atoms with van der Waals surface area (Å²) in [6.07, 6.45) is -5.11. The number of fused-ring (bicyclic) bond motifs is 1. The van der Waals surface area contributed by atoms with Gasteiger partial charge in [0.25, 0.3) is 0 Å². The zero-order chi connectivity index (χ0) is 25.1. The summed E-state index contributed by atoms with van der Waals surface area (Å²) >= 11 is 0. The second-order valence-corrected chi connectivity index (χ2v) is 7.97. The van der Waals surface area contributed by atoms with E-state index in [4.69, 9.17) is 25.0 Å². The van der Waals surface area contributed by atoms with Gasteiger partial charge in [-0.2, -0.15) is 13.2 Å². The molecule has 192 valence electrons. The Bertz CT molecular complexity index is 1060. The normalized spacial score (nSPS) is 14.5. The predicted molar refractivity (Wildman–Crippen MR) is 105 cm³/mol. The fourth-order valence-electron chi connectivity index (χ4n) is 3.01. The van der Waals surface area contributed by atoms with Crippen molar-refractivity contribution in [2.45, 2.75) is 38.1 Å². The Morgan fingerprint density at radius 2 is 1.65 bits per heavy atom. The lowest BCUT2D eigenvalue weighted by atomic mass is 10.0. The third-order valence-corrected chi connectivity index (χ3v) is 4.37. The molecule has 0 saturated carbocycles. The van der Waals surface area contributed by atoms with E-state index in [-0.39, 0.29) is 56.3 Å². The molecule has 0 bridgehead atoms. The van der Waals surface area contributed by atoms with Crippen molar-refractivity contribution >= 4 is 26.1 Å². The first-order chi connectivity index (χ1) is 15.1. The van der Waals surface area contributed by atoms with Crippen LogP contribution in [0.5, 0.6) is 0 Å². The number of aromatic nitrogens is 3. The van der Waals surface area contributed by atoms with Crippen LogP contribution in [-0.4, -0.2) is 52.8 Å². The molecule has 0 radical (unpaired) electrons. The maximum Gasteiger partial charge on any atom is 0.466 e. The number of halogens is 7. The zero-order valence-electron chi connectivity index (χ0n) is 16.9. The van der Waals surface area contributed by atoms with E-state index in [2.05, 4.69) is 10.2 Å². The number of benzene rings is 1. The van der Waals surface area contributed by atoms with Crippen LogP contribution in [0.25, 0.3) is 0 Å². The highest BCUT2D eigenvalue weighted by atomic mass is 35.5. The molecule has 1 aromatic carbocycles. The lowest BCUT2D eigenvalue weighted by Crippen LogP contribution is -2.42. The first kappa shape index (κ1) is 29.8. The maximum atomic E-state index is 13.7. The minimum absolute atomic E-state index is 0. The molecule has 1 amide bonds. The van der Waals surface area contributed by atoms with E-state index in [0.717, 1.165) is 4.57 Å². The molecule has 18 heteroatoms. The Morgan fingerprint density at radius 1 is 1.09 bits per heavy atom. The highest BCUT2D eigenvalue weighted by molar-refractivity contribution is 7.45. The lowest BCUT2D eigenvalue weighted by Gasteiger charge is -2.29. The highest BCUT2D eigenvalue weighted by Gasteiger charge is 2.40.